The first-order chi connectivity index (χ1) is 8.56. The lowest BCUT2D eigenvalue weighted by atomic mass is 10.1. The molecule has 0 aromatic heterocycles. The van der Waals surface area contributed by atoms with Crippen LogP contribution in [0.4, 0.5) is 0 Å². The van der Waals surface area contributed by atoms with Crippen LogP contribution in [0.15, 0.2) is 18.2 Å². The maximum absolute atomic E-state index is 11.5. The monoisotopic (exact) mass is 250 g/mol. The maximum atomic E-state index is 11.5. The zero-order valence-electron chi connectivity index (χ0n) is 11.6. The summed E-state index contributed by atoms with van der Waals surface area (Å²) in [5.41, 5.74) is 2.22. The summed E-state index contributed by atoms with van der Waals surface area (Å²) >= 11 is 0. The van der Waals surface area contributed by atoms with Crippen LogP contribution in [-0.4, -0.2) is 38.6 Å². The van der Waals surface area contributed by atoms with Gasteiger partial charge in [0.05, 0.1) is 13.0 Å². The SMILES string of the molecule is CNCc1cccc(C)c1OCCC(=O)N(C)C. The lowest BCUT2D eigenvalue weighted by Crippen LogP contribution is -2.23. The molecule has 0 saturated heterocycles. The zero-order valence-corrected chi connectivity index (χ0v) is 11.6. The molecule has 0 aliphatic rings. The number of rotatable bonds is 6. The molecule has 0 heterocycles. The Bertz CT molecular complexity index is 403. The van der Waals surface area contributed by atoms with Gasteiger partial charge < -0.3 is 15.0 Å². The second kappa shape index (κ2) is 7.01. The topological polar surface area (TPSA) is 41.6 Å². The molecule has 0 bridgehead atoms. The maximum Gasteiger partial charge on any atom is 0.225 e. The van der Waals surface area contributed by atoms with Crippen LogP contribution < -0.4 is 10.1 Å². The van der Waals surface area contributed by atoms with E-state index in [1.165, 1.54) is 0 Å². The van der Waals surface area contributed by atoms with Gasteiger partial charge in [-0.05, 0) is 19.5 Å². The number of hydrogen-bond acceptors (Lipinski definition) is 3. The van der Waals surface area contributed by atoms with E-state index in [0.717, 1.165) is 23.4 Å². The van der Waals surface area contributed by atoms with Crippen molar-refractivity contribution in [3.05, 3.63) is 29.3 Å². The van der Waals surface area contributed by atoms with Crippen molar-refractivity contribution in [1.29, 1.82) is 0 Å². The molecule has 100 valence electrons. The van der Waals surface area contributed by atoms with E-state index in [1.54, 1.807) is 19.0 Å². The fraction of sp³-hybridized carbons (Fsp3) is 0.500. The molecule has 0 atom stereocenters. The molecule has 1 aromatic rings. The number of carbonyl (C=O) groups excluding carboxylic acids is 1. The van der Waals surface area contributed by atoms with Gasteiger partial charge in [0.25, 0.3) is 0 Å². The number of ether oxygens (including phenoxy) is 1. The van der Waals surface area contributed by atoms with Gasteiger partial charge >= 0.3 is 0 Å². The highest BCUT2D eigenvalue weighted by Crippen LogP contribution is 2.23. The molecule has 0 fully saturated rings. The van der Waals surface area contributed by atoms with E-state index in [2.05, 4.69) is 5.32 Å². The van der Waals surface area contributed by atoms with E-state index in [-0.39, 0.29) is 5.91 Å². The van der Waals surface area contributed by atoms with Crippen LogP contribution in [0.2, 0.25) is 0 Å². The molecule has 0 spiro atoms. The van der Waals surface area contributed by atoms with Crippen molar-refractivity contribution in [2.45, 2.75) is 19.9 Å². The number of carbonyl (C=O) groups is 1. The van der Waals surface area contributed by atoms with Crippen LogP contribution in [0.25, 0.3) is 0 Å². The second-order valence-electron chi connectivity index (χ2n) is 4.48. The van der Waals surface area contributed by atoms with Gasteiger partial charge in [-0.3, -0.25) is 4.79 Å². The molecule has 1 aromatic carbocycles. The highest BCUT2D eigenvalue weighted by atomic mass is 16.5. The van der Waals surface area contributed by atoms with Crippen molar-refractivity contribution in [1.82, 2.24) is 10.2 Å². The van der Waals surface area contributed by atoms with Crippen molar-refractivity contribution >= 4 is 5.91 Å². The second-order valence-corrected chi connectivity index (χ2v) is 4.48. The van der Waals surface area contributed by atoms with Crippen LogP contribution in [0.3, 0.4) is 0 Å². The summed E-state index contributed by atoms with van der Waals surface area (Å²) in [4.78, 5) is 13.0. The van der Waals surface area contributed by atoms with Gasteiger partial charge in [0, 0.05) is 26.2 Å². The number of benzene rings is 1. The summed E-state index contributed by atoms with van der Waals surface area (Å²) in [6, 6.07) is 6.06. The van der Waals surface area contributed by atoms with E-state index < -0.39 is 0 Å². The minimum Gasteiger partial charge on any atom is -0.492 e. The minimum absolute atomic E-state index is 0.0822. The van der Waals surface area contributed by atoms with Crippen molar-refractivity contribution in [2.24, 2.45) is 0 Å². The molecule has 0 aliphatic carbocycles. The lowest BCUT2D eigenvalue weighted by molar-refractivity contribution is -0.129. The van der Waals surface area contributed by atoms with Gasteiger partial charge in [0.2, 0.25) is 5.91 Å². The predicted molar refractivity (Wildman–Crippen MR) is 72.7 cm³/mol. The van der Waals surface area contributed by atoms with Gasteiger partial charge in [0.15, 0.2) is 0 Å². The standard InChI is InChI=1S/C14H22N2O2/c1-11-6-5-7-12(10-15-2)14(11)18-9-8-13(17)16(3)4/h5-7,15H,8-10H2,1-4H3. The normalized spacial score (nSPS) is 10.2. The molecule has 0 radical (unpaired) electrons. The number of aryl methyl sites for hydroxylation is 1. The van der Waals surface area contributed by atoms with E-state index >= 15 is 0 Å². The first kappa shape index (κ1) is 14.5. The Kier molecular flexibility index (Phi) is 5.65. The first-order valence-corrected chi connectivity index (χ1v) is 6.12. The summed E-state index contributed by atoms with van der Waals surface area (Å²) in [5, 5.41) is 3.11. The highest BCUT2D eigenvalue weighted by molar-refractivity contribution is 5.75. The number of nitrogens with one attached hydrogen (secondary N) is 1. The van der Waals surface area contributed by atoms with Gasteiger partial charge in [-0.2, -0.15) is 0 Å². The number of nitrogens with zero attached hydrogens (tertiary/aromatic N) is 1. The van der Waals surface area contributed by atoms with Crippen molar-refractivity contribution in [2.75, 3.05) is 27.7 Å². The van der Waals surface area contributed by atoms with Gasteiger partial charge in [-0.1, -0.05) is 18.2 Å². The molecule has 0 saturated carbocycles. The Morgan fingerprint density at radius 1 is 1.39 bits per heavy atom. The molecule has 1 amide bonds. The fourth-order valence-electron chi connectivity index (χ4n) is 1.71. The van der Waals surface area contributed by atoms with Crippen LogP contribution in [0, 0.1) is 6.92 Å². The molecule has 4 nitrogen and oxygen atoms in total. The third-order valence-corrected chi connectivity index (χ3v) is 2.72. The minimum atomic E-state index is 0.0822. The average molecular weight is 250 g/mol. The molecule has 18 heavy (non-hydrogen) atoms. The Morgan fingerprint density at radius 2 is 2.11 bits per heavy atom. The number of amides is 1. The van der Waals surface area contributed by atoms with Crippen LogP contribution >= 0.6 is 0 Å². The highest BCUT2D eigenvalue weighted by Gasteiger charge is 2.08. The van der Waals surface area contributed by atoms with E-state index in [1.807, 2.05) is 32.2 Å². The summed E-state index contributed by atoms with van der Waals surface area (Å²) in [6.07, 6.45) is 0.403. The predicted octanol–water partition coefficient (Wildman–Crippen LogP) is 1.57. The number of hydrogen-bond donors (Lipinski definition) is 1. The molecule has 1 rings (SSSR count). The molecule has 4 heteroatoms. The summed E-state index contributed by atoms with van der Waals surface area (Å²) in [7, 11) is 5.41. The summed E-state index contributed by atoms with van der Waals surface area (Å²) < 4.78 is 5.75. The Hall–Kier alpha value is -1.55. The Balaban J connectivity index is 2.63. The molecule has 1 N–H and O–H groups in total. The molecule has 0 unspecified atom stereocenters. The molecular formula is C14H22N2O2. The van der Waals surface area contributed by atoms with E-state index in [9.17, 15) is 4.79 Å². The smallest absolute Gasteiger partial charge is 0.225 e. The van der Waals surface area contributed by atoms with Gasteiger partial charge in [0.1, 0.15) is 5.75 Å². The van der Waals surface area contributed by atoms with Crippen molar-refractivity contribution in [3.8, 4) is 5.75 Å². The van der Waals surface area contributed by atoms with Gasteiger partial charge in [-0.25, -0.2) is 0 Å². The van der Waals surface area contributed by atoms with E-state index in [0.29, 0.717) is 13.0 Å². The quantitative estimate of drug-likeness (QED) is 0.833. The lowest BCUT2D eigenvalue weighted by Gasteiger charge is -2.15. The molecular weight excluding hydrogens is 228 g/mol. The van der Waals surface area contributed by atoms with Crippen molar-refractivity contribution < 1.29 is 9.53 Å². The van der Waals surface area contributed by atoms with Crippen LogP contribution in [0.1, 0.15) is 17.5 Å². The van der Waals surface area contributed by atoms with Crippen LogP contribution in [0.5, 0.6) is 5.75 Å². The Morgan fingerprint density at radius 3 is 2.72 bits per heavy atom. The largest absolute Gasteiger partial charge is 0.492 e. The third-order valence-electron chi connectivity index (χ3n) is 2.72. The van der Waals surface area contributed by atoms with Gasteiger partial charge in [-0.15, -0.1) is 0 Å². The average Bonchev–Trinajstić information content (AvgIpc) is 2.32. The molecule has 0 aliphatic heterocycles. The Labute approximate surface area is 109 Å². The van der Waals surface area contributed by atoms with Crippen LogP contribution in [-0.2, 0) is 11.3 Å². The summed E-state index contributed by atoms with van der Waals surface area (Å²) in [5.74, 6) is 0.970. The zero-order chi connectivity index (χ0) is 13.5. The third kappa shape index (κ3) is 4.04. The fourth-order valence-corrected chi connectivity index (χ4v) is 1.71. The summed E-state index contributed by atoms with van der Waals surface area (Å²) in [6.45, 7) is 3.19. The number of para-hydroxylation sites is 1. The first-order valence-electron chi connectivity index (χ1n) is 6.12. The van der Waals surface area contributed by atoms with Crippen molar-refractivity contribution in [3.63, 3.8) is 0 Å². The van der Waals surface area contributed by atoms with E-state index in [4.69, 9.17) is 4.74 Å².